The average Bonchev–Trinajstić information content (AvgIpc) is 3.11. The normalized spacial score (nSPS) is 10.9. The summed E-state index contributed by atoms with van der Waals surface area (Å²) in [4.78, 5) is 45.1. The molecule has 0 aromatic carbocycles. The molecule has 16 nitrogen and oxygen atoms in total. The van der Waals surface area contributed by atoms with Crippen LogP contribution >= 0.6 is 0 Å². The van der Waals surface area contributed by atoms with E-state index in [9.17, 15) is 19.2 Å². The van der Waals surface area contributed by atoms with Crippen LogP contribution in [0.4, 0.5) is 0 Å². The van der Waals surface area contributed by atoms with Crippen molar-refractivity contribution < 1.29 is 57.1 Å². The van der Waals surface area contributed by atoms with Crippen molar-refractivity contribution in [2.24, 2.45) is 5.41 Å². The molecule has 0 rings (SSSR count). The minimum atomic E-state index is -0.730. The van der Waals surface area contributed by atoms with Gasteiger partial charge in [-0.2, -0.15) is 0 Å². The summed E-state index contributed by atoms with van der Waals surface area (Å²) in [7, 11) is 0. The number of nitrogens with one attached hydrogen (secondary N) is 4. The molecule has 0 aliphatic heterocycles. The highest BCUT2D eigenvalue weighted by molar-refractivity contribution is 5.87. The lowest BCUT2D eigenvalue weighted by molar-refractivity contribution is -0.121. The van der Waals surface area contributed by atoms with Crippen LogP contribution in [0, 0.1) is 5.41 Å². The monoisotopic (exact) mass is 700 g/mol. The summed E-state index contributed by atoms with van der Waals surface area (Å²) in [6.07, 6.45) is 4.76. The Hall–Kier alpha value is -3.48. The summed E-state index contributed by atoms with van der Waals surface area (Å²) in [6, 6.07) is 0. The van der Waals surface area contributed by atoms with Crippen LogP contribution in [0.1, 0.15) is 0 Å². The maximum Gasteiger partial charge on any atom is 0.243 e. The first-order valence-electron chi connectivity index (χ1n) is 16.1. The Kier molecular flexibility index (Phi) is 30.7. The zero-order valence-corrected chi connectivity index (χ0v) is 28.7. The molecule has 4 N–H and O–H groups in total. The third-order valence-electron chi connectivity index (χ3n) is 6.05. The predicted octanol–water partition coefficient (Wildman–Crippen LogP) is -0.686. The third kappa shape index (κ3) is 29.2. The van der Waals surface area contributed by atoms with E-state index in [1.807, 2.05) is 0 Å². The van der Waals surface area contributed by atoms with Gasteiger partial charge in [0.1, 0.15) is 0 Å². The van der Waals surface area contributed by atoms with Gasteiger partial charge in [-0.1, -0.05) is 26.3 Å². The molecule has 0 bridgehead atoms. The smallest absolute Gasteiger partial charge is 0.243 e. The van der Waals surface area contributed by atoms with Gasteiger partial charge in [0.2, 0.25) is 23.6 Å². The summed E-state index contributed by atoms with van der Waals surface area (Å²) >= 11 is 0. The first-order valence-corrected chi connectivity index (χ1v) is 16.1. The molecular formula is C33H56N4O12. The SMILES string of the molecule is C=CC(=O)NCCOCCOCC(COCCOCCNC(=O)C=C)(COCCOCCNC(=O)C=C)COCCOCCNC(=O)C=C. The van der Waals surface area contributed by atoms with E-state index in [4.69, 9.17) is 37.9 Å². The lowest BCUT2D eigenvalue weighted by atomic mass is 9.92. The topological polar surface area (TPSA) is 190 Å². The van der Waals surface area contributed by atoms with Gasteiger partial charge in [0.05, 0.1) is 111 Å². The summed E-state index contributed by atoms with van der Waals surface area (Å²) in [5.74, 6) is -1.10. The van der Waals surface area contributed by atoms with Crippen molar-refractivity contribution in [2.75, 3.05) is 132 Å². The zero-order chi connectivity index (χ0) is 36.3. The molecule has 0 unspecified atom stereocenters. The van der Waals surface area contributed by atoms with Crippen LogP contribution in [0.2, 0.25) is 0 Å². The molecule has 0 radical (unpaired) electrons. The molecule has 0 aliphatic rings. The highest BCUT2D eigenvalue weighted by Gasteiger charge is 2.32. The zero-order valence-electron chi connectivity index (χ0n) is 28.7. The van der Waals surface area contributed by atoms with E-state index >= 15 is 0 Å². The van der Waals surface area contributed by atoms with E-state index in [-0.39, 0.29) is 76.5 Å². The van der Waals surface area contributed by atoms with Crippen LogP contribution in [0.5, 0.6) is 0 Å². The van der Waals surface area contributed by atoms with E-state index in [0.29, 0.717) is 79.0 Å². The molecule has 4 amide bonds. The van der Waals surface area contributed by atoms with E-state index < -0.39 is 5.41 Å². The van der Waals surface area contributed by atoms with Crippen molar-refractivity contribution in [3.05, 3.63) is 50.6 Å². The number of carbonyl (C=O) groups excluding carboxylic acids is 4. The number of amides is 4. The Morgan fingerprint density at radius 2 is 0.571 bits per heavy atom. The third-order valence-corrected chi connectivity index (χ3v) is 6.05. The van der Waals surface area contributed by atoms with Gasteiger partial charge in [-0.3, -0.25) is 19.2 Å². The van der Waals surface area contributed by atoms with Crippen molar-refractivity contribution >= 4 is 23.6 Å². The summed E-state index contributed by atoms with van der Waals surface area (Å²) < 4.78 is 46.0. The number of carbonyl (C=O) groups is 4. The molecule has 49 heavy (non-hydrogen) atoms. The van der Waals surface area contributed by atoms with Crippen LogP contribution in [0.25, 0.3) is 0 Å². The van der Waals surface area contributed by atoms with Gasteiger partial charge in [-0.25, -0.2) is 0 Å². The maximum absolute atomic E-state index is 11.3. The molecule has 0 atom stereocenters. The van der Waals surface area contributed by atoms with E-state index in [0.717, 1.165) is 0 Å². The van der Waals surface area contributed by atoms with E-state index in [1.54, 1.807) is 0 Å². The van der Waals surface area contributed by atoms with Crippen LogP contribution in [-0.2, 0) is 57.1 Å². The summed E-state index contributed by atoms with van der Waals surface area (Å²) in [5.41, 5.74) is -0.730. The van der Waals surface area contributed by atoms with E-state index in [2.05, 4.69) is 47.6 Å². The Morgan fingerprint density at radius 1 is 0.367 bits per heavy atom. The molecule has 0 fully saturated rings. The molecular weight excluding hydrogens is 644 g/mol. The molecule has 280 valence electrons. The fourth-order valence-electron chi connectivity index (χ4n) is 3.56. The standard InChI is InChI=1S/C33H56N4O12/c1-5-29(38)34-9-13-42-17-21-46-25-33(26-47-22-18-43-14-10-35-30(39)6-2,27-48-23-19-44-15-11-36-31(40)7-3)28-49-24-20-45-16-12-37-32(41)8-4/h5-8H,1-4,9-28H2,(H,34,38)(H,35,39)(H,36,40)(H,37,41). The Balaban J connectivity index is 5.05. The molecule has 0 aromatic rings. The lowest BCUT2D eigenvalue weighted by Crippen LogP contribution is -2.43. The van der Waals surface area contributed by atoms with Gasteiger partial charge in [-0.15, -0.1) is 0 Å². The second-order valence-electron chi connectivity index (χ2n) is 10.1. The number of hydrogen-bond acceptors (Lipinski definition) is 12. The maximum atomic E-state index is 11.3. The molecule has 0 aromatic heterocycles. The highest BCUT2D eigenvalue weighted by Crippen LogP contribution is 2.21. The van der Waals surface area contributed by atoms with Gasteiger partial charge in [0.25, 0.3) is 0 Å². The van der Waals surface area contributed by atoms with Crippen molar-refractivity contribution in [3.8, 4) is 0 Å². The quantitative estimate of drug-likeness (QED) is 0.0477. The van der Waals surface area contributed by atoms with Gasteiger partial charge >= 0.3 is 0 Å². The fraction of sp³-hybridized carbons (Fsp3) is 0.636. The summed E-state index contributed by atoms with van der Waals surface area (Å²) in [6.45, 7) is 19.4. The molecule has 0 saturated heterocycles. The number of rotatable bonds is 36. The first kappa shape index (κ1) is 45.5. The first-order chi connectivity index (χ1) is 23.8. The van der Waals surface area contributed by atoms with Crippen molar-refractivity contribution in [2.45, 2.75) is 0 Å². The molecule has 0 heterocycles. The highest BCUT2D eigenvalue weighted by atomic mass is 16.6. The van der Waals surface area contributed by atoms with Gasteiger partial charge in [-0.05, 0) is 24.3 Å². The molecule has 0 saturated carbocycles. The molecule has 0 aliphatic carbocycles. The molecule has 0 spiro atoms. The Labute approximate surface area is 289 Å². The minimum absolute atomic E-state index is 0.209. The number of ether oxygens (including phenoxy) is 8. The Bertz CT molecular complexity index is 801. The second kappa shape index (κ2) is 33.0. The van der Waals surface area contributed by atoms with Crippen LogP contribution in [-0.4, -0.2) is 156 Å². The van der Waals surface area contributed by atoms with Crippen molar-refractivity contribution in [1.29, 1.82) is 0 Å². The molecule has 16 heteroatoms. The number of hydrogen-bond donors (Lipinski definition) is 4. The average molecular weight is 701 g/mol. The van der Waals surface area contributed by atoms with Gasteiger partial charge in [0, 0.05) is 26.2 Å². The second-order valence-corrected chi connectivity index (χ2v) is 10.1. The summed E-state index contributed by atoms with van der Waals surface area (Å²) in [5, 5.41) is 10.5. The van der Waals surface area contributed by atoms with Crippen molar-refractivity contribution in [1.82, 2.24) is 21.3 Å². The van der Waals surface area contributed by atoms with Crippen molar-refractivity contribution in [3.63, 3.8) is 0 Å². The van der Waals surface area contributed by atoms with Crippen LogP contribution < -0.4 is 21.3 Å². The lowest BCUT2D eigenvalue weighted by Gasteiger charge is -2.33. The predicted molar refractivity (Wildman–Crippen MR) is 182 cm³/mol. The Morgan fingerprint density at radius 3 is 0.776 bits per heavy atom. The largest absolute Gasteiger partial charge is 0.378 e. The van der Waals surface area contributed by atoms with Crippen LogP contribution in [0.3, 0.4) is 0 Å². The van der Waals surface area contributed by atoms with Crippen LogP contribution in [0.15, 0.2) is 50.6 Å². The van der Waals surface area contributed by atoms with E-state index in [1.165, 1.54) is 24.3 Å². The van der Waals surface area contributed by atoms with Gasteiger partial charge in [0.15, 0.2) is 0 Å². The van der Waals surface area contributed by atoms with Gasteiger partial charge < -0.3 is 59.2 Å². The minimum Gasteiger partial charge on any atom is -0.378 e. The fourth-order valence-corrected chi connectivity index (χ4v) is 3.56.